The van der Waals surface area contributed by atoms with Gasteiger partial charge in [-0.1, -0.05) is 30.3 Å². The van der Waals surface area contributed by atoms with Gasteiger partial charge in [0.25, 0.3) is 0 Å². The number of rotatable bonds is 4. The van der Waals surface area contributed by atoms with E-state index in [1.54, 1.807) is 20.8 Å². The summed E-state index contributed by atoms with van der Waals surface area (Å²) in [5, 5.41) is 16.5. The van der Waals surface area contributed by atoms with Gasteiger partial charge in [0.2, 0.25) is 0 Å². The second kappa shape index (κ2) is 11.5. The number of hydrogen-bond acceptors (Lipinski definition) is 6. The lowest BCUT2D eigenvalue weighted by Crippen LogP contribution is -2.35. The molecule has 0 aromatic heterocycles. The molecule has 0 fully saturated rings. The van der Waals surface area contributed by atoms with Gasteiger partial charge in [0, 0.05) is 0 Å². The van der Waals surface area contributed by atoms with Crippen LogP contribution in [0.3, 0.4) is 0 Å². The first kappa shape index (κ1) is 22.2. The topological polar surface area (TPSA) is 102 Å². The highest BCUT2D eigenvalue weighted by atomic mass is 32.1. The fraction of sp³-hybridized carbons (Fsp3) is 0.500. The van der Waals surface area contributed by atoms with Crippen LogP contribution in [-0.4, -0.2) is 34.6 Å². The van der Waals surface area contributed by atoms with Gasteiger partial charge in [-0.2, -0.15) is 13.5 Å². The van der Waals surface area contributed by atoms with Crippen molar-refractivity contribution in [2.24, 2.45) is 5.73 Å². The Morgan fingerprint density at radius 1 is 1.29 bits per heavy atom. The van der Waals surface area contributed by atoms with E-state index in [2.05, 4.69) is 4.89 Å². The van der Waals surface area contributed by atoms with Gasteiger partial charge in [0.15, 0.2) is 0 Å². The maximum absolute atomic E-state index is 11.0. The number of aliphatic hydroxyl groups is 1. The Morgan fingerprint density at radius 3 is 2.14 bits per heavy atom. The maximum Gasteiger partial charge on any atom is 0.325 e. The van der Waals surface area contributed by atoms with Crippen molar-refractivity contribution in [1.82, 2.24) is 0 Å². The van der Waals surface area contributed by atoms with Crippen LogP contribution in [0.1, 0.15) is 26.3 Å². The third kappa shape index (κ3) is 12.3. The van der Waals surface area contributed by atoms with Crippen molar-refractivity contribution in [3.05, 3.63) is 35.9 Å². The van der Waals surface area contributed by atoms with E-state index in [1.165, 1.54) is 0 Å². The van der Waals surface area contributed by atoms with Gasteiger partial charge >= 0.3 is 5.97 Å². The molecule has 0 aliphatic heterocycles. The minimum Gasteiger partial charge on any atom is -0.460 e. The zero-order chi connectivity index (χ0) is 15.6. The van der Waals surface area contributed by atoms with Crippen LogP contribution in [-0.2, 0) is 21.0 Å². The number of aliphatic hydroxyl groups excluding tert-OH is 1. The molecule has 0 saturated carbocycles. The van der Waals surface area contributed by atoms with Crippen LogP contribution in [0.25, 0.3) is 0 Å². The summed E-state index contributed by atoms with van der Waals surface area (Å²) in [4.78, 5) is 15.0. The van der Waals surface area contributed by atoms with Crippen molar-refractivity contribution < 1.29 is 24.8 Å². The Balaban J connectivity index is 0. The van der Waals surface area contributed by atoms with Gasteiger partial charge in [-0.25, -0.2) is 4.89 Å². The number of esters is 1. The standard InChI is InChI=1S/C10H13NO3.C4H10O2.H2S/c11-9(6-12)10(13)14-7-8-4-2-1-3-5-8;1-4(2,3)6-5;/h1-5,9,12H,6-7,11H2;5H,1-3H3;1H2/t9-;;/m0../s1. The first-order valence-electron chi connectivity index (χ1n) is 6.19. The number of carbonyl (C=O) groups is 1. The minimum atomic E-state index is -0.946. The molecule has 1 atom stereocenters. The summed E-state index contributed by atoms with van der Waals surface area (Å²) in [5.41, 5.74) is 5.75. The number of benzene rings is 1. The molecule has 0 amide bonds. The summed E-state index contributed by atoms with van der Waals surface area (Å²) >= 11 is 0. The first-order chi connectivity index (χ1) is 9.30. The van der Waals surface area contributed by atoms with Crippen LogP contribution in [0.15, 0.2) is 30.3 Å². The molecule has 1 rings (SSSR count). The largest absolute Gasteiger partial charge is 0.460 e. The fourth-order valence-electron chi connectivity index (χ4n) is 0.910. The molecule has 0 saturated heterocycles. The molecule has 0 aliphatic rings. The van der Waals surface area contributed by atoms with Crippen molar-refractivity contribution in [1.29, 1.82) is 0 Å². The summed E-state index contributed by atoms with van der Waals surface area (Å²) in [6, 6.07) is 8.34. The summed E-state index contributed by atoms with van der Waals surface area (Å²) in [6.45, 7) is 5.11. The van der Waals surface area contributed by atoms with Gasteiger partial charge in [-0.15, -0.1) is 0 Å². The van der Waals surface area contributed by atoms with Gasteiger partial charge in [0.1, 0.15) is 12.6 Å². The summed E-state index contributed by atoms with van der Waals surface area (Å²) < 4.78 is 4.86. The monoisotopic (exact) mass is 319 g/mol. The van der Waals surface area contributed by atoms with Gasteiger partial charge < -0.3 is 15.6 Å². The Morgan fingerprint density at radius 2 is 1.76 bits per heavy atom. The number of nitrogens with two attached hydrogens (primary N) is 1. The predicted molar refractivity (Wildman–Crippen MR) is 85.1 cm³/mol. The number of hydrogen-bond donors (Lipinski definition) is 3. The third-order valence-electron chi connectivity index (χ3n) is 2.00. The molecule has 0 bridgehead atoms. The highest BCUT2D eigenvalue weighted by molar-refractivity contribution is 7.59. The average molecular weight is 319 g/mol. The zero-order valence-corrected chi connectivity index (χ0v) is 13.6. The molecule has 0 radical (unpaired) electrons. The zero-order valence-electron chi connectivity index (χ0n) is 12.6. The van der Waals surface area contributed by atoms with Gasteiger partial charge in [0.05, 0.1) is 12.2 Å². The Hall–Kier alpha value is -1.12. The normalized spacial score (nSPS) is 11.5. The predicted octanol–water partition coefficient (Wildman–Crippen LogP) is 1.44. The third-order valence-corrected chi connectivity index (χ3v) is 2.00. The second-order valence-electron chi connectivity index (χ2n) is 5.09. The van der Waals surface area contributed by atoms with E-state index in [-0.39, 0.29) is 20.1 Å². The van der Waals surface area contributed by atoms with E-state index in [0.717, 1.165) is 5.56 Å². The van der Waals surface area contributed by atoms with Crippen LogP contribution in [0.4, 0.5) is 0 Å². The molecule has 122 valence electrons. The molecule has 7 heteroatoms. The van der Waals surface area contributed by atoms with Crippen molar-refractivity contribution in [2.45, 2.75) is 39.0 Å². The van der Waals surface area contributed by atoms with E-state index in [4.69, 9.17) is 20.8 Å². The van der Waals surface area contributed by atoms with Gasteiger partial charge in [-0.05, 0) is 26.3 Å². The molecule has 0 heterocycles. The van der Waals surface area contributed by atoms with Crippen LogP contribution in [0.2, 0.25) is 0 Å². The molecule has 21 heavy (non-hydrogen) atoms. The quantitative estimate of drug-likeness (QED) is 0.441. The smallest absolute Gasteiger partial charge is 0.325 e. The molecule has 0 aliphatic carbocycles. The molecule has 6 nitrogen and oxygen atoms in total. The Bertz CT molecular complexity index is 381. The lowest BCUT2D eigenvalue weighted by molar-refractivity contribution is -0.306. The number of carbonyl (C=O) groups excluding carboxylic acids is 1. The molecule has 0 unspecified atom stereocenters. The molecule has 4 N–H and O–H groups in total. The summed E-state index contributed by atoms with van der Waals surface area (Å²) in [7, 11) is 0. The summed E-state index contributed by atoms with van der Waals surface area (Å²) in [5.74, 6) is -0.587. The fourth-order valence-corrected chi connectivity index (χ4v) is 0.910. The Kier molecular flexibility index (Phi) is 12.2. The maximum atomic E-state index is 11.0. The minimum absolute atomic E-state index is 0. The van der Waals surface area contributed by atoms with Gasteiger partial charge in [-0.3, -0.25) is 10.1 Å². The van der Waals surface area contributed by atoms with Crippen LogP contribution < -0.4 is 5.73 Å². The lowest BCUT2D eigenvalue weighted by Gasteiger charge is -2.10. The average Bonchev–Trinajstić information content (AvgIpc) is 2.44. The number of ether oxygens (including phenoxy) is 1. The first-order valence-corrected chi connectivity index (χ1v) is 6.19. The SMILES string of the molecule is CC(C)(C)OO.N[C@@H](CO)C(=O)OCc1ccccc1.S. The van der Waals surface area contributed by atoms with Crippen LogP contribution in [0.5, 0.6) is 0 Å². The molecule has 1 aromatic rings. The van der Waals surface area contributed by atoms with Crippen LogP contribution >= 0.6 is 13.5 Å². The lowest BCUT2D eigenvalue weighted by atomic mass is 10.2. The molecular formula is C14H25NO5S. The van der Waals surface area contributed by atoms with E-state index < -0.39 is 24.2 Å². The highest BCUT2D eigenvalue weighted by Gasteiger charge is 2.13. The van der Waals surface area contributed by atoms with E-state index >= 15 is 0 Å². The van der Waals surface area contributed by atoms with E-state index in [1.807, 2.05) is 30.3 Å². The van der Waals surface area contributed by atoms with Crippen molar-refractivity contribution >= 4 is 19.5 Å². The second-order valence-corrected chi connectivity index (χ2v) is 5.09. The highest BCUT2D eigenvalue weighted by Crippen LogP contribution is 2.02. The molecular weight excluding hydrogens is 294 g/mol. The Labute approximate surface area is 132 Å². The molecule has 0 spiro atoms. The van der Waals surface area contributed by atoms with Crippen LogP contribution in [0, 0.1) is 0 Å². The van der Waals surface area contributed by atoms with Crippen molar-refractivity contribution in [3.63, 3.8) is 0 Å². The summed E-state index contributed by atoms with van der Waals surface area (Å²) in [6.07, 6.45) is 0. The molecule has 1 aromatic carbocycles. The van der Waals surface area contributed by atoms with E-state index in [9.17, 15) is 4.79 Å². The van der Waals surface area contributed by atoms with E-state index in [0.29, 0.717) is 0 Å². The van der Waals surface area contributed by atoms with Crippen molar-refractivity contribution in [2.75, 3.05) is 6.61 Å². The van der Waals surface area contributed by atoms with Crippen molar-refractivity contribution in [3.8, 4) is 0 Å².